The number of anilines is 1. The van der Waals surface area contributed by atoms with Crippen molar-refractivity contribution < 1.29 is 9.53 Å². The highest BCUT2D eigenvalue weighted by atomic mass is 16.5. The lowest BCUT2D eigenvalue weighted by Gasteiger charge is -2.40. The largest absolute Gasteiger partial charge is 0.371 e. The topological polar surface area (TPSA) is 63.6 Å². The minimum Gasteiger partial charge on any atom is -0.371 e. The van der Waals surface area contributed by atoms with Crippen LogP contribution in [0.2, 0.25) is 0 Å². The fourth-order valence-corrected chi connectivity index (χ4v) is 3.23. The molecule has 1 N–H and O–H groups in total. The standard InChI is InChI=1S/C15H21N3O3/c1-17-8-4-5-12(13(17)19)16-14(20)18-9-10-21-15(11-18)6-2-3-7-15/h4-5,8H,2-3,6-7,9-11H2,1H3,(H,16,20). The summed E-state index contributed by atoms with van der Waals surface area (Å²) in [7, 11) is 1.67. The molecule has 114 valence electrons. The molecular weight excluding hydrogens is 270 g/mol. The number of carbonyl (C=O) groups excluding carboxylic acids is 1. The van der Waals surface area contributed by atoms with Gasteiger partial charge in [-0.05, 0) is 25.0 Å². The Morgan fingerprint density at radius 1 is 1.38 bits per heavy atom. The van der Waals surface area contributed by atoms with Crippen LogP contribution in [0.25, 0.3) is 0 Å². The van der Waals surface area contributed by atoms with Crippen LogP contribution in [-0.2, 0) is 11.8 Å². The summed E-state index contributed by atoms with van der Waals surface area (Å²) in [6.45, 7) is 1.76. The van der Waals surface area contributed by atoms with Crippen LogP contribution in [0.15, 0.2) is 23.1 Å². The normalized spacial score (nSPS) is 20.7. The van der Waals surface area contributed by atoms with E-state index in [1.807, 2.05) is 0 Å². The van der Waals surface area contributed by atoms with Gasteiger partial charge in [-0.3, -0.25) is 4.79 Å². The van der Waals surface area contributed by atoms with E-state index >= 15 is 0 Å². The van der Waals surface area contributed by atoms with Gasteiger partial charge in [-0.1, -0.05) is 12.8 Å². The zero-order chi connectivity index (χ0) is 14.9. The van der Waals surface area contributed by atoms with Crippen LogP contribution < -0.4 is 10.9 Å². The second kappa shape index (κ2) is 5.52. The van der Waals surface area contributed by atoms with E-state index in [9.17, 15) is 9.59 Å². The molecule has 2 fully saturated rings. The van der Waals surface area contributed by atoms with E-state index in [2.05, 4.69) is 5.32 Å². The highest BCUT2D eigenvalue weighted by Crippen LogP contribution is 2.35. The first kappa shape index (κ1) is 14.1. The van der Waals surface area contributed by atoms with Gasteiger partial charge in [-0.25, -0.2) is 4.79 Å². The van der Waals surface area contributed by atoms with Crippen molar-refractivity contribution in [3.8, 4) is 0 Å². The molecular formula is C15H21N3O3. The van der Waals surface area contributed by atoms with Gasteiger partial charge < -0.3 is 19.5 Å². The first-order valence-corrected chi connectivity index (χ1v) is 7.45. The number of hydrogen-bond donors (Lipinski definition) is 1. The Morgan fingerprint density at radius 3 is 2.90 bits per heavy atom. The fraction of sp³-hybridized carbons (Fsp3) is 0.600. The molecule has 1 aliphatic carbocycles. The zero-order valence-electron chi connectivity index (χ0n) is 12.3. The van der Waals surface area contributed by atoms with Crippen molar-refractivity contribution in [1.29, 1.82) is 0 Å². The molecule has 0 bridgehead atoms. The van der Waals surface area contributed by atoms with Crippen LogP contribution in [0.4, 0.5) is 10.5 Å². The van der Waals surface area contributed by atoms with Crippen molar-refractivity contribution in [2.45, 2.75) is 31.3 Å². The van der Waals surface area contributed by atoms with E-state index in [1.165, 1.54) is 4.57 Å². The summed E-state index contributed by atoms with van der Waals surface area (Å²) in [6, 6.07) is 3.16. The van der Waals surface area contributed by atoms with E-state index in [0.29, 0.717) is 25.4 Å². The molecule has 3 rings (SSSR count). The molecule has 1 saturated carbocycles. The number of amides is 2. The van der Waals surface area contributed by atoms with Gasteiger partial charge in [0.2, 0.25) is 0 Å². The second-order valence-corrected chi connectivity index (χ2v) is 5.93. The minimum absolute atomic E-state index is 0.156. The number of morpholine rings is 1. The Bertz CT molecular complexity index is 590. The molecule has 2 aliphatic rings. The van der Waals surface area contributed by atoms with E-state index in [0.717, 1.165) is 25.7 Å². The number of ether oxygens (including phenoxy) is 1. The lowest BCUT2D eigenvalue weighted by molar-refractivity contribution is -0.0914. The molecule has 0 atom stereocenters. The van der Waals surface area contributed by atoms with Gasteiger partial charge in [0.1, 0.15) is 5.69 Å². The molecule has 1 aromatic heterocycles. The number of urea groups is 1. The molecule has 2 amide bonds. The molecule has 0 unspecified atom stereocenters. The Kier molecular flexibility index (Phi) is 3.71. The van der Waals surface area contributed by atoms with Crippen molar-refractivity contribution in [3.05, 3.63) is 28.7 Å². The quantitative estimate of drug-likeness (QED) is 0.854. The lowest BCUT2D eigenvalue weighted by atomic mass is 10.00. The van der Waals surface area contributed by atoms with Crippen molar-refractivity contribution in [2.24, 2.45) is 7.05 Å². The first-order chi connectivity index (χ1) is 10.1. The number of pyridine rings is 1. The predicted molar refractivity (Wildman–Crippen MR) is 79.4 cm³/mol. The Hall–Kier alpha value is -1.82. The summed E-state index contributed by atoms with van der Waals surface area (Å²) in [5.74, 6) is 0. The van der Waals surface area contributed by atoms with Crippen LogP contribution in [0.3, 0.4) is 0 Å². The van der Waals surface area contributed by atoms with Crippen molar-refractivity contribution in [2.75, 3.05) is 25.0 Å². The lowest BCUT2D eigenvalue weighted by Crippen LogP contribution is -2.53. The molecule has 6 nitrogen and oxygen atoms in total. The Labute approximate surface area is 123 Å². The van der Waals surface area contributed by atoms with Gasteiger partial charge in [0, 0.05) is 19.8 Å². The summed E-state index contributed by atoms with van der Waals surface area (Å²) < 4.78 is 7.36. The maximum atomic E-state index is 12.4. The molecule has 1 aliphatic heterocycles. The minimum atomic E-state index is -0.215. The summed E-state index contributed by atoms with van der Waals surface area (Å²) >= 11 is 0. The summed E-state index contributed by atoms with van der Waals surface area (Å²) in [5.41, 5.74) is -0.0382. The highest BCUT2D eigenvalue weighted by Gasteiger charge is 2.40. The SMILES string of the molecule is Cn1cccc(NC(=O)N2CCOC3(CCCC3)C2)c1=O. The van der Waals surface area contributed by atoms with Crippen molar-refractivity contribution in [3.63, 3.8) is 0 Å². The number of carbonyl (C=O) groups is 1. The van der Waals surface area contributed by atoms with Crippen LogP contribution in [0, 0.1) is 0 Å². The molecule has 1 spiro atoms. The second-order valence-electron chi connectivity index (χ2n) is 5.93. The van der Waals surface area contributed by atoms with Gasteiger partial charge in [0.15, 0.2) is 0 Å². The maximum Gasteiger partial charge on any atom is 0.322 e. The van der Waals surface area contributed by atoms with Crippen molar-refractivity contribution in [1.82, 2.24) is 9.47 Å². The van der Waals surface area contributed by atoms with Gasteiger partial charge in [0.25, 0.3) is 5.56 Å². The number of aryl methyl sites for hydroxylation is 1. The molecule has 21 heavy (non-hydrogen) atoms. The number of nitrogens with one attached hydrogen (secondary N) is 1. The fourth-order valence-electron chi connectivity index (χ4n) is 3.23. The van der Waals surface area contributed by atoms with Crippen LogP contribution >= 0.6 is 0 Å². The monoisotopic (exact) mass is 291 g/mol. The molecule has 1 aromatic rings. The molecule has 2 heterocycles. The average molecular weight is 291 g/mol. The molecule has 1 saturated heterocycles. The van der Waals surface area contributed by atoms with E-state index in [4.69, 9.17) is 4.74 Å². The number of rotatable bonds is 1. The van der Waals surface area contributed by atoms with Crippen LogP contribution in [0.5, 0.6) is 0 Å². The average Bonchev–Trinajstić information content (AvgIpc) is 2.92. The van der Waals surface area contributed by atoms with E-state index in [1.54, 1.807) is 30.3 Å². The van der Waals surface area contributed by atoms with Gasteiger partial charge >= 0.3 is 6.03 Å². The molecule has 0 aromatic carbocycles. The summed E-state index contributed by atoms with van der Waals surface area (Å²) in [5, 5.41) is 2.73. The third-order valence-corrected chi connectivity index (χ3v) is 4.42. The molecule has 0 radical (unpaired) electrons. The third kappa shape index (κ3) is 2.81. The summed E-state index contributed by atoms with van der Waals surface area (Å²) in [4.78, 5) is 26.1. The number of nitrogens with zero attached hydrogens (tertiary/aromatic N) is 2. The predicted octanol–water partition coefficient (Wildman–Crippen LogP) is 1.56. The smallest absolute Gasteiger partial charge is 0.322 e. The third-order valence-electron chi connectivity index (χ3n) is 4.42. The number of hydrogen-bond acceptors (Lipinski definition) is 3. The van der Waals surface area contributed by atoms with E-state index in [-0.39, 0.29) is 17.2 Å². The highest BCUT2D eigenvalue weighted by molar-refractivity contribution is 5.89. The van der Waals surface area contributed by atoms with Gasteiger partial charge in [-0.15, -0.1) is 0 Å². The Morgan fingerprint density at radius 2 is 2.14 bits per heavy atom. The number of aromatic nitrogens is 1. The van der Waals surface area contributed by atoms with Gasteiger partial charge in [0.05, 0.1) is 18.8 Å². The van der Waals surface area contributed by atoms with Gasteiger partial charge in [-0.2, -0.15) is 0 Å². The first-order valence-electron chi connectivity index (χ1n) is 7.45. The molecule has 6 heteroatoms. The van der Waals surface area contributed by atoms with Crippen molar-refractivity contribution >= 4 is 11.7 Å². The zero-order valence-corrected chi connectivity index (χ0v) is 12.3. The van der Waals surface area contributed by atoms with Crippen LogP contribution in [0.1, 0.15) is 25.7 Å². The van der Waals surface area contributed by atoms with Crippen LogP contribution in [-0.4, -0.2) is 40.8 Å². The summed E-state index contributed by atoms with van der Waals surface area (Å²) in [6.07, 6.45) is 6.03. The maximum absolute atomic E-state index is 12.4. The van der Waals surface area contributed by atoms with E-state index < -0.39 is 0 Å². The Balaban J connectivity index is 1.70.